The Labute approximate surface area is 217 Å². The molecule has 1 N–H and O–H groups in total. The molecule has 0 aliphatic carbocycles. The zero-order valence-electron chi connectivity index (χ0n) is 21.0. The number of carbonyl (C=O) groups is 2. The van der Waals surface area contributed by atoms with Crippen molar-refractivity contribution in [2.24, 2.45) is 0 Å². The predicted octanol–water partition coefficient (Wildman–Crippen LogP) is 4.50. The van der Waals surface area contributed by atoms with Crippen LogP contribution in [0.25, 0.3) is 10.4 Å². The van der Waals surface area contributed by atoms with Gasteiger partial charge in [-0.05, 0) is 44.7 Å². The molecule has 0 aromatic carbocycles. The Morgan fingerprint density at radius 3 is 2.54 bits per heavy atom. The fraction of sp³-hybridized carbons (Fsp3) is 0.600. The number of fused-ring (bicyclic) bond motifs is 2. The molecule has 0 radical (unpaired) electrons. The number of hydrogen-bond donors (Lipinski definition) is 1. The number of aryl methyl sites for hydroxylation is 1. The van der Waals surface area contributed by atoms with E-state index in [1.54, 1.807) is 16.7 Å². The summed E-state index contributed by atoms with van der Waals surface area (Å²) < 4.78 is 45.4. The highest BCUT2D eigenvalue weighted by Gasteiger charge is 2.42. The Kier molecular flexibility index (Phi) is 6.90. The van der Waals surface area contributed by atoms with Gasteiger partial charge < -0.3 is 19.9 Å². The van der Waals surface area contributed by atoms with E-state index in [4.69, 9.17) is 4.74 Å². The number of likely N-dealkylation sites (tertiary alicyclic amines) is 1. The molecule has 4 fully saturated rings. The molecule has 2 aromatic rings. The number of carbonyl (C=O) groups excluding carboxylic acids is 2. The summed E-state index contributed by atoms with van der Waals surface area (Å²) in [5, 5.41) is 2.67. The van der Waals surface area contributed by atoms with Gasteiger partial charge in [0, 0.05) is 43.9 Å². The van der Waals surface area contributed by atoms with E-state index in [9.17, 15) is 22.8 Å². The number of aromatic nitrogens is 2. The Balaban J connectivity index is 1.48. The van der Waals surface area contributed by atoms with E-state index in [0.29, 0.717) is 35.6 Å². The van der Waals surface area contributed by atoms with Crippen LogP contribution in [0, 0.1) is 6.92 Å². The monoisotopic (exact) mass is 537 g/mol. The zero-order chi connectivity index (χ0) is 26.5. The molecule has 6 heterocycles. The van der Waals surface area contributed by atoms with Crippen LogP contribution >= 0.6 is 11.3 Å². The van der Waals surface area contributed by atoms with Gasteiger partial charge in [0.1, 0.15) is 17.6 Å². The fourth-order valence-corrected chi connectivity index (χ4v) is 6.33. The first-order valence-corrected chi connectivity index (χ1v) is 13.4. The molecular weight excluding hydrogens is 507 g/mol. The molecule has 6 rings (SSSR count). The summed E-state index contributed by atoms with van der Waals surface area (Å²) in [5.74, 6) is -0.387. The molecule has 37 heavy (non-hydrogen) atoms. The van der Waals surface area contributed by atoms with Crippen molar-refractivity contribution in [3.8, 4) is 10.4 Å². The van der Waals surface area contributed by atoms with E-state index in [1.807, 2.05) is 6.92 Å². The maximum absolute atomic E-state index is 13.6. The van der Waals surface area contributed by atoms with Crippen LogP contribution in [0.3, 0.4) is 0 Å². The van der Waals surface area contributed by atoms with Gasteiger partial charge in [0.25, 0.3) is 11.8 Å². The van der Waals surface area contributed by atoms with Crippen molar-refractivity contribution in [2.75, 3.05) is 25.0 Å². The maximum Gasteiger partial charge on any atom is 0.408 e. The van der Waals surface area contributed by atoms with Crippen LogP contribution in [0.1, 0.15) is 65.4 Å². The SMILES string of the molecule is CC[C@H](Nc1cc(C)c(-c2sc(C(=O)N3CC4CC(C3)O4)nc2C(=O)N2CCC[C@@H]2C)cn1)C(F)(F)F. The van der Waals surface area contributed by atoms with Crippen molar-refractivity contribution in [1.29, 1.82) is 0 Å². The highest BCUT2D eigenvalue weighted by Crippen LogP contribution is 2.37. The van der Waals surface area contributed by atoms with Crippen molar-refractivity contribution in [3.63, 3.8) is 0 Å². The second-order valence-electron chi connectivity index (χ2n) is 10.0. The van der Waals surface area contributed by atoms with Crippen molar-refractivity contribution in [1.82, 2.24) is 19.8 Å². The number of thiazole rings is 1. The van der Waals surface area contributed by atoms with Gasteiger partial charge in [-0.2, -0.15) is 13.2 Å². The van der Waals surface area contributed by atoms with Gasteiger partial charge in [0.15, 0.2) is 5.01 Å². The standard InChI is InChI=1S/C25H30F3N5O3S/c1-4-18(25(26,27)28)30-19-8-13(2)17(10-29-19)21-20(23(34)33-7-5-6-14(33)3)31-22(37-21)24(35)32-11-15-9-16(12-32)36-15/h8,10,14-16,18H,4-7,9,11-12H2,1-3H3,(H,29,30)/t14-,15?,16?,18-/m0/s1. The third kappa shape index (κ3) is 5.05. The Hall–Kier alpha value is -2.73. The number of alkyl halides is 3. The number of rotatable bonds is 6. The van der Waals surface area contributed by atoms with E-state index in [2.05, 4.69) is 15.3 Å². The maximum atomic E-state index is 13.6. The van der Waals surface area contributed by atoms with Gasteiger partial charge >= 0.3 is 6.18 Å². The molecule has 8 nitrogen and oxygen atoms in total. The number of pyridine rings is 1. The lowest BCUT2D eigenvalue weighted by Crippen LogP contribution is -2.58. The quantitative estimate of drug-likeness (QED) is 0.584. The normalized spacial score (nSPS) is 24.1. The predicted molar refractivity (Wildman–Crippen MR) is 133 cm³/mol. The zero-order valence-corrected chi connectivity index (χ0v) is 21.8. The summed E-state index contributed by atoms with van der Waals surface area (Å²) in [5.41, 5.74) is 1.39. The Morgan fingerprint density at radius 2 is 1.97 bits per heavy atom. The topological polar surface area (TPSA) is 87.7 Å². The fourth-order valence-electron chi connectivity index (χ4n) is 5.23. The number of halogens is 3. The molecule has 4 atom stereocenters. The van der Waals surface area contributed by atoms with Crippen molar-refractivity contribution in [2.45, 2.75) is 76.9 Å². The molecule has 4 aliphatic rings. The van der Waals surface area contributed by atoms with Gasteiger partial charge in [0.2, 0.25) is 0 Å². The van der Waals surface area contributed by atoms with E-state index in [-0.39, 0.29) is 53.0 Å². The lowest BCUT2D eigenvalue weighted by atomic mass is 9.99. The lowest BCUT2D eigenvalue weighted by Gasteiger charge is -2.46. The number of nitrogens with zero attached hydrogens (tertiary/aromatic N) is 4. The van der Waals surface area contributed by atoms with Gasteiger partial charge in [-0.25, -0.2) is 9.97 Å². The first-order chi connectivity index (χ1) is 17.5. The number of ether oxygens (including phenoxy) is 1. The van der Waals surface area contributed by atoms with E-state index in [0.717, 1.165) is 30.6 Å². The third-order valence-electron chi connectivity index (χ3n) is 7.35. The number of hydrogen-bond acceptors (Lipinski definition) is 7. The Morgan fingerprint density at radius 1 is 1.27 bits per heavy atom. The van der Waals surface area contributed by atoms with Crippen LogP contribution in [0.2, 0.25) is 0 Å². The summed E-state index contributed by atoms with van der Waals surface area (Å²) in [6, 6.07) is -0.120. The average Bonchev–Trinajstić information content (AvgIpc) is 3.47. The van der Waals surface area contributed by atoms with Crippen molar-refractivity contribution < 1.29 is 27.5 Å². The minimum absolute atomic E-state index is 0.0452. The van der Waals surface area contributed by atoms with Crippen LogP contribution in [-0.4, -0.2) is 81.7 Å². The molecule has 2 unspecified atom stereocenters. The first-order valence-electron chi connectivity index (χ1n) is 12.6. The van der Waals surface area contributed by atoms with Crippen molar-refractivity contribution in [3.05, 3.63) is 28.5 Å². The number of nitrogens with one attached hydrogen (secondary N) is 1. The summed E-state index contributed by atoms with van der Waals surface area (Å²) in [6.07, 6.45) is -0.254. The molecule has 200 valence electrons. The molecule has 2 aromatic heterocycles. The largest absolute Gasteiger partial charge is 0.408 e. The van der Waals surface area contributed by atoms with Gasteiger partial charge in [0.05, 0.1) is 17.1 Å². The molecule has 0 saturated carbocycles. The van der Waals surface area contributed by atoms with Gasteiger partial charge in [-0.3, -0.25) is 9.59 Å². The first kappa shape index (κ1) is 25.9. The lowest BCUT2D eigenvalue weighted by molar-refractivity contribution is -0.171. The van der Waals surface area contributed by atoms with Crippen LogP contribution in [0.15, 0.2) is 12.3 Å². The summed E-state index contributed by atoms with van der Waals surface area (Å²) >= 11 is 1.13. The average molecular weight is 538 g/mol. The van der Waals surface area contributed by atoms with Crippen LogP contribution in [0.5, 0.6) is 0 Å². The summed E-state index contributed by atoms with van der Waals surface area (Å²) in [4.78, 5) is 39.6. The number of piperidine rings is 1. The van der Waals surface area contributed by atoms with E-state index in [1.165, 1.54) is 19.2 Å². The number of amides is 2. The minimum atomic E-state index is -4.40. The Bertz CT molecular complexity index is 1190. The molecule has 0 spiro atoms. The van der Waals surface area contributed by atoms with Crippen molar-refractivity contribution >= 4 is 29.0 Å². The van der Waals surface area contributed by atoms with Crippen LogP contribution in [0.4, 0.5) is 19.0 Å². The smallest absolute Gasteiger partial charge is 0.371 e. The second kappa shape index (κ2) is 9.86. The van der Waals surface area contributed by atoms with Gasteiger partial charge in [-0.1, -0.05) is 6.92 Å². The summed E-state index contributed by atoms with van der Waals surface area (Å²) in [6.45, 7) is 6.80. The van der Waals surface area contributed by atoms with Gasteiger partial charge in [-0.15, -0.1) is 11.3 Å². The number of anilines is 1. The molecule has 2 bridgehead atoms. The highest BCUT2D eigenvalue weighted by atomic mass is 32.1. The van der Waals surface area contributed by atoms with E-state index >= 15 is 0 Å². The molecule has 2 amide bonds. The number of morpholine rings is 1. The van der Waals surface area contributed by atoms with E-state index < -0.39 is 12.2 Å². The minimum Gasteiger partial charge on any atom is -0.371 e. The molecule has 12 heteroatoms. The summed E-state index contributed by atoms with van der Waals surface area (Å²) in [7, 11) is 0. The molecule has 4 saturated heterocycles. The second-order valence-corrected chi connectivity index (χ2v) is 11.0. The molecular formula is C25H30F3N5O3S. The highest BCUT2D eigenvalue weighted by molar-refractivity contribution is 7.17. The van der Waals surface area contributed by atoms with Crippen LogP contribution in [-0.2, 0) is 4.74 Å². The van der Waals surface area contributed by atoms with Crippen LogP contribution < -0.4 is 5.32 Å². The molecule has 4 aliphatic heterocycles. The third-order valence-corrected chi connectivity index (χ3v) is 8.43.